The van der Waals surface area contributed by atoms with Crippen molar-refractivity contribution in [3.05, 3.63) is 47.0 Å². The normalized spacial score (nSPS) is 14.4. The molecule has 1 amide bonds. The summed E-state index contributed by atoms with van der Waals surface area (Å²) in [5.74, 6) is -0.109. The van der Waals surface area contributed by atoms with Crippen LogP contribution in [0.1, 0.15) is 5.56 Å². The lowest BCUT2D eigenvalue weighted by Crippen LogP contribution is -2.76. The first-order valence-electron chi connectivity index (χ1n) is 5.81. The number of rotatable bonds is 2. The Morgan fingerprint density at radius 3 is 3.16 bits per heavy atom. The summed E-state index contributed by atoms with van der Waals surface area (Å²) < 4.78 is 0. The van der Waals surface area contributed by atoms with Gasteiger partial charge in [-0.1, -0.05) is 11.6 Å². The molecule has 6 heteroatoms. The van der Waals surface area contributed by atoms with Crippen LogP contribution in [0.4, 0.5) is 0 Å². The fourth-order valence-electron chi connectivity index (χ4n) is 2.16. The van der Waals surface area contributed by atoms with Gasteiger partial charge in [-0.25, -0.2) is 4.98 Å². The van der Waals surface area contributed by atoms with Gasteiger partial charge in [0.05, 0.1) is 5.02 Å². The highest BCUT2D eigenvalue weighted by atomic mass is 35.5. The number of hydrogen-bond donors (Lipinski definition) is 3. The van der Waals surface area contributed by atoms with Gasteiger partial charge in [-0.05, 0) is 6.07 Å². The molecule has 0 saturated heterocycles. The van der Waals surface area contributed by atoms with Crippen molar-refractivity contribution in [1.82, 2.24) is 15.3 Å². The van der Waals surface area contributed by atoms with Crippen molar-refractivity contribution in [2.75, 3.05) is 7.05 Å². The van der Waals surface area contributed by atoms with Crippen LogP contribution in [0.2, 0.25) is 5.02 Å². The molecule has 2 aromatic rings. The molecule has 5 nitrogen and oxygen atoms in total. The molecule has 0 unspecified atom stereocenters. The molecule has 1 aliphatic heterocycles. The van der Waals surface area contributed by atoms with E-state index in [1.165, 1.54) is 0 Å². The van der Waals surface area contributed by atoms with Crippen LogP contribution < -0.4 is 10.6 Å². The van der Waals surface area contributed by atoms with Gasteiger partial charge in [0.1, 0.15) is 11.8 Å². The van der Waals surface area contributed by atoms with Gasteiger partial charge in [0.2, 0.25) is 0 Å². The van der Waals surface area contributed by atoms with Crippen LogP contribution >= 0.6 is 11.6 Å². The molecule has 1 aliphatic rings. The van der Waals surface area contributed by atoms with Gasteiger partial charge in [0, 0.05) is 42.0 Å². The van der Waals surface area contributed by atoms with Crippen molar-refractivity contribution >= 4 is 34.1 Å². The summed E-state index contributed by atoms with van der Waals surface area (Å²) in [4.78, 5) is 18.9. The quantitative estimate of drug-likeness (QED) is 0.757. The van der Waals surface area contributed by atoms with E-state index < -0.39 is 0 Å². The third-order valence-electron chi connectivity index (χ3n) is 3.07. The lowest BCUT2D eigenvalue weighted by Gasteiger charge is -2.03. The molecule has 19 heavy (non-hydrogen) atoms. The van der Waals surface area contributed by atoms with Gasteiger partial charge in [0.15, 0.2) is 5.70 Å². The number of carbonyl (C=O) groups excluding carboxylic acids is 1. The summed E-state index contributed by atoms with van der Waals surface area (Å²) in [5, 5.41) is 5.90. The van der Waals surface area contributed by atoms with Crippen LogP contribution in [-0.2, 0) is 4.79 Å². The summed E-state index contributed by atoms with van der Waals surface area (Å²) in [6.07, 6.45) is 7.15. The number of aromatic amines is 1. The smallest absolute Gasteiger partial charge is 0.305 e. The van der Waals surface area contributed by atoms with Crippen LogP contribution in [0.3, 0.4) is 0 Å². The van der Waals surface area contributed by atoms with Gasteiger partial charge in [-0.3, -0.25) is 10.1 Å². The molecular weight excluding hydrogens is 264 g/mol. The van der Waals surface area contributed by atoms with Crippen LogP contribution in [0.15, 0.2) is 36.4 Å². The molecular formula is C13H12ClN4O+. The molecule has 96 valence electrons. The highest BCUT2D eigenvalue weighted by molar-refractivity contribution is 6.33. The Morgan fingerprint density at radius 1 is 1.53 bits per heavy atom. The monoisotopic (exact) mass is 275 g/mol. The number of fused-ring (bicyclic) bond motifs is 1. The molecule has 0 aliphatic carbocycles. The number of nitrogens with one attached hydrogen (secondary N) is 2. The number of hydrogen-bond acceptors (Lipinski definition) is 2. The number of amides is 1. The first-order chi connectivity index (χ1) is 9.20. The molecule has 0 bridgehead atoms. The summed E-state index contributed by atoms with van der Waals surface area (Å²) in [5.41, 5.74) is 3.20. The van der Waals surface area contributed by atoms with E-state index in [2.05, 4.69) is 15.3 Å². The molecule has 3 rings (SSSR count). The fraction of sp³-hybridized carbons (Fsp3) is 0.0769. The standard InChI is InChI=1S/C13H11ClN4O/c1-15-13(19)10-4-7(5-17-10)11-8-2-3-16-12(8)18-6-9(11)14/h2-6,17H,1H3,(H,15,19)(H,16,18)/p+1. The zero-order chi connectivity index (χ0) is 13.4. The van der Waals surface area contributed by atoms with Gasteiger partial charge in [-0.2, -0.15) is 0 Å². The van der Waals surface area contributed by atoms with Gasteiger partial charge < -0.3 is 10.3 Å². The first kappa shape index (κ1) is 12.0. The zero-order valence-corrected chi connectivity index (χ0v) is 11.0. The van der Waals surface area contributed by atoms with Crippen molar-refractivity contribution in [1.29, 1.82) is 0 Å². The Balaban J connectivity index is 2.11. The Hall–Kier alpha value is -2.11. The number of nitrogens with zero attached hydrogens (tertiary/aromatic N) is 1. The molecule has 3 heterocycles. The van der Waals surface area contributed by atoms with Crippen molar-refractivity contribution < 1.29 is 10.1 Å². The van der Waals surface area contributed by atoms with Crippen molar-refractivity contribution in [2.45, 2.75) is 0 Å². The molecule has 0 atom stereocenters. The van der Waals surface area contributed by atoms with E-state index in [0.717, 1.165) is 22.2 Å². The lowest BCUT2D eigenvalue weighted by molar-refractivity contribution is -0.524. The minimum Gasteiger partial charge on any atom is -0.351 e. The summed E-state index contributed by atoms with van der Waals surface area (Å²) in [6, 6.07) is 1.93. The highest BCUT2D eigenvalue weighted by Gasteiger charge is 2.22. The van der Waals surface area contributed by atoms with Crippen LogP contribution in [0, 0.1) is 0 Å². The SMILES string of the molecule is CNC(=O)C1=CC(c2c(Cl)cnc3[nH]ccc23)=C[NH2+]1. The molecule has 2 aromatic heterocycles. The largest absolute Gasteiger partial charge is 0.351 e. The molecule has 0 spiro atoms. The zero-order valence-electron chi connectivity index (χ0n) is 10.2. The van der Waals surface area contributed by atoms with E-state index in [1.807, 2.05) is 24.5 Å². The Bertz CT molecular complexity index is 729. The maximum Gasteiger partial charge on any atom is 0.305 e. The average molecular weight is 276 g/mol. The van der Waals surface area contributed by atoms with Gasteiger partial charge in [0.25, 0.3) is 0 Å². The van der Waals surface area contributed by atoms with Crippen molar-refractivity contribution in [3.63, 3.8) is 0 Å². The van der Waals surface area contributed by atoms with E-state index in [-0.39, 0.29) is 5.91 Å². The predicted octanol–water partition coefficient (Wildman–Crippen LogP) is 0.764. The van der Waals surface area contributed by atoms with E-state index in [4.69, 9.17) is 11.6 Å². The Morgan fingerprint density at radius 2 is 2.37 bits per heavy atom. The Labute approximate surface area is 114 Å². The third-order valence-corrected chi connectivity index (χ3v) is 3.36. The Kier molecular flexibility index (Phi) is 2.85. The number of H-pyrrole nitrogens is 1. The van der Waals surface area contributed by atoms with E-state index in [9.17, 15) is 4.79 Å². The summed E-state index contributed by atoms with van der Waals surface area (Å²) in [7, 11) is 1.61. The number of nitrogens with two attached hydrogens (primary N) is 1. The second-order valence-corrected chi connectivity index (χ2v) is 4.60. The molecule has 4 N–H and O–H groups in total. The molecule has 0 saturated carbocycles. The maximum absolute atomic E-state index is 11.6. The number of likely N-dealkylation sites (N-methyl/N-ethyl adjacent to an activating group) is 1. The number of pyridine rings is 1. The fourth-order valence-corrected chi connectivity index (χ4v) is 2.42. The third kappa shape index (κ3) is 1.93. The second-order valence-electron chi connectivity index (χ2n) is 4.19. The van der Waals surface area contributed by atoms with Crippen LogP contribution in [0.5, 0.6) is 0 Å². The van der Waals surface area contributed by atoms with E-state index in [1.54, 1.807) is 18.6 Å². The van der Waals surface area contributed by atoms with E-state index in [0.29, 0.717) is 10.7 Å². The van der Waals surface area contributed by atoms with Crippen LogP contribution in [-0.4, -0.2) is 22.9 Å². The summed E-state index contributed by atoms with van der Waals surface area (Å²) >= 11 is 6.24. The number of allylic oxidation sites excluding steroid dienone is 2. The average Bonchev–Trinajstić information content (AvgIpc) is 3.06. The maximum atomic E-state index is 11.6. The molecule has 0 radical (unpaired) electrons. The number of halogens is 1. The summed E-state index contributed by atoms with van der Waals surface area (Å²) in [6.45, 7) is 0. The van der Waals surface area contributed by atoms with Gasteiger partial charge >= 0.3 is 5.91 Å². The molecule has 0 aromatic carbocycles. The second kappa shape index (κ2) is 4.53. The topological polar surface area (TPSA) is 74.4 Å². The molecule has 0 fully saturated rings. The van der Waals surface area contributed by atoms with E-state index >= 15 is 0 Å². The first-order valence-corrected chi connectivity index (χ1v) is 6.19. The predicted molar refractivity (Wildman–Crippen MR) is 73.2 cm³/mol. The lowest BCUT2D eigenvalue weighted by atomic mass is 10.1. The van der Waals surface area contributed by atoms with Gasteiger partial charge in [-0.15, -0.1) is 0 Å². The highest BCUT2D eigenvalue weighted by Crippen LogP contribution is 2.31. The number of carbonyl (C=O) groups is 1. The number of quaternary nitrogens is 1. The van der Waals surface area contributed by atoms with Crippen molar-refractivity contribution in [2.24, 2.45) is 0 Å². The number of aromatic nitrogens is 2. The van der Waals surface area contributed by atoms with Crippen molar-refractivity contribution in [3.8, 4) is 0 Å². The minimum absolute atomic E-state index is 0.109. The van der Waals surface area contributed by atoms with Crippen LogP contribution in [0.25, 0.3) is 16.6 Å². The minimum atomic E-state index is -0.109.